The zero-order valence-electron chi connectivity index (χ0n) is 14.3. The van der Waals surface area contributed by atoms with E-state index in [0.29, 0.717) is 22.1 Å². The van der Waals surface area contributed by atoms with E-state index in [4.69, 9.17) is 11.6 Å². The standard InChI is InChI=1S/C19H18ClN3O3/c1-12(24)21-16-7-3-14(4-8-16)5-10-19(26)23-18-11-15(20)6-9-17(18)22-13(2)25/h3-11H,1-2H3,(H,21,24)(H,22,25)(H,23,26)/b10-5+. The highest BCUT2D eigenvalue weighted by molar-refractivity contribution is 6.31. The fourth-order valence-electron chi connectivity index (χ4n) is 2.15. The van der Waals surface area contributed by atoms with Crippen molar-refractivity contribution in [2.24, 2.45) is 0 Å². The predicted molar refractivity (Wildman–Crippen MR) is 104 cm³/mol. The number of hydrogen-bond donors (Lipinski definition) is 3. The molecule has 0 saturated carbocycles. The van der Waals surface area contributed by atoms with E-state index >= 15 is 0 Å². The van der Waals surface area contributed by atoms with Gasteiger partial charge in [0, 0.05) is 30.6 Å². The molecule has 2 rings (SSSR count). The predicted octanol–water partition coefficient (Wildman–Crippen LogP) is 3.91. The molecule has 0 spiro atoms. The molecule has 0 aromatic heterocycles. The molecule has 0 radical (unpaired) electrons. The highest BCUT2D eigenvalue weighted by Gasteiger charge is 2.07. The molecule has 7 heteroatoms. The molecule has 2 aromatic rings. The van der Waals surface area contributed by atoms with E-state index in [1.165, 1.54) is 19.9 Å². The lowest BCUT2D eigenvalue weighted by atomic mass is 10.2. The number of carbonyl (C=O) groups excluding carboxylic acids is 3. The molecule has 6 nitrogen and oxygen atoms in total. The summed E-state index contributed by atoms with van der Waals surface area (Å²) >= 11 is 5.95. The van der Waals surface area contributed by atoms with Crippen LogP contribution in [0.1, 0.15) is 19.4 Å². The first-order valence-corrected chi connectivity index (χ1v) is 8.15. The number of anilines is 3. The molecule has 134 valence electrons. The summed E-state index contributed by atoms with van der Waals surface area (Å²) in [5.74, 6) is -0.772. The van der Waals surface area contributed by atoms with Crippen LogP contribution in [0.5, 0.6) is 0 Å². The molecule has 0 unspecified atom stereocenters. The molecule has 0 fully saturated rings. The van der Waals surface area contributed by atoms with E-state index in [1.54, 1.807) is 48.5 Å². The van der Waals surface area contributed by atoms with Gasteiger partial charge in [-0.1, -0.05) is 23.7 Å². The maximum absolute atomic E-state index is 12.1. The lowest BCUT2D eigenvalue weighted by molar-refractivity contribution is -0.115. The van der Waals surface area contributed by atoms with Crippen molar-refractivity contribution in [3.05, 3.63) is 59.1 Å². The largest absolute Gasteiger partial charge is 0.326 e. The molecule has 0 aliphatic heterocycles. The molecule has 0 heterocycles. The third-order valence-corrected chi connectivity index (χ3v) is 3.44. The number of rotatable bonds is 5. The highest BCUT2D eigenvalue weighted by Crippen LogP contribution is 2.26. The topological polar surface area (TPSA) is 87.3 Å². The minimum atomic E-state index is -0.371. The highest BCUT2D eigenvalue weighted by atomic mass is 35.5. The summed E-state index contributed by atoms with van der Waals surface area (Å²) < 4.78 is 0. The van der Waals surface area contributed by atoms with Crippen molar-refractivity contribution >= 4 is 52.5 Å². The number of hydrogen-bond acceptors (Lipinski definition) is 3. The van der Waals surface area contributed by atoms with Gasteiger partial charge in [-0.05, 0) is 42.0 Å². The fourth-order valence-corrected chi connectivity index (χ4v) is 2.32. The summed E-state index contributed by atoms with van der Waals surface area (Å²) in [6.07, 6.45) is 3.00. The maximum atomic E-state index is 12.1. The van der Waals surface area contributed by atoms with Crippen LogP contribution in [-0.2, 0) is 14.4 Å². The van der Waals surface area contributed by atoms with Crippen LogP contribution in [0.4, 0.5) is 17.1 Å². The summed E-state index contributed by atoms with van der Waals surface area (Å²) in [7, 11) is 0. The quantitative estimate of drug-likeness (QED) is 0.696. The van der Waals surface area contributed by atoms with Crippen molar-refractivity contribution in [2.45, 2.75) is 13.8 Å². The molecule has 26 heavy (non-hydrogen) atoms. The van der Waals surface area contributed by atoms with Crippen LogP contribution in [0.15, 0.2) is 48.5 Å². The van der Waals surface area contributed by atoms with Gasteiger partial charge in [0.1, 0.15) is 0 Å². The average Bonchev–Trinajstić information content (AvgIpc) is 2.56. The van der Waals surface area contributed by atoms with Crippen LogP contribution >= 0.6 is 11.6 Å². The van der Waals surface area contributed by atoms with Crippen molar-refractivity contribution < 1.29 is 14.4 Å². The molecule has 2 aromatic carbocycles. The van der Waals surface area contributed by atoms with Crippen LogP contribution in [-0.4, -0.2) is 17.7 Å². The number of halogens is 1. The lowest BCUT2D eigenvalue weighted by Gasteiger charge is -2.10. The summed E-state index contributed by atoms with van der Waals surface area (Å²) in [6, 6.07) is 11.8. The zero-order valence-corrected chi connectivity index (χ0v) is 15.1. The molecule has 0 aliphatic rings. The third kappa shape index (κ3) is 6.07. The first kappa shape index (κ1) is 19.2. The Kier molecular flexibility index (Phi) is 6.52. The third-order valence-electron chi connectivity index (χ3n) is 3.21. The fraction of sp³-hybridized carbons (Fsp3) is 0.105. The summed E-state index contributed by atoms with van der Waals surface area (Å²) in [4.78, 5) is 34.4. The second-order valence-electron chi connectivity index (χ2n) is 5.50. The first-order chi connectivity index (χ1) is 12.3. The SMILES string of the molecule is CC(=O)Nc1ccc(/C=C/C(=O)Nc2cc(Cl)ccc2NC(C)=O)cc1. The van der Waals surface area contributed by atoms with E-state index in [2.05, 4.69) is 16.0 Å². The van der Waals surface area contributed by atoms with Gasteiger partial charge in [-0.25, -0.2) is 0 Å². The van der Waals surface area contributed by atoms with Gasteiger partial charge in [0.15, 0.2) is 0 Å². The van der Waals surface area contributed by atoms with Gasteiger partial charge in [-0.2, -0.15) is 0 Å². The van der Waals surface area contributed by atoms with Crippen molar-refractivity contribution in [2.75, 3.05) is 16.0 Å². The molecule has 3 N–H and O–H groups in total. The second-order valence-corrected chi connectivity index (χ2v) is 5.93. The van der Waals surface area contributed by atoms with E-state index in [9.17, 15) is 14.4 Å². The van der Waals surface area contributed by atoms with Crippen molar-refractivity contribution in [3.63, 3.8) is 0 Å². The van der Waals surface area contributed by atoms with E-state index < -0.39 is 0 Å². The number of nitrogens with one attached hydrogen (secondary N) is 3. The Bertz CT molecular complexity index is 861. The van der Waals surface area contributed by atoms with Gasteiger partial charge in [-0.3, -0.25) is 14.4 Å². The number of benzene rings is 2. The van der Waals surface area contributed by atoms with Crippen LogP contribution < -0.4 is 16.0 Å². The first-order valence-electron chi connectivity index (χ1n) is 7.77. The summed E-state index contributed by atoms with van der Waals surface area (Å²) in [5, 5.41) is 8.42. The van der Waals surface area contributed by atoms with Crippen molar-refractivity contribution in [1.82, 2.24) is 0 Å². The minimum absolute atomic E-state index is 0.149. The summed E-state index contributed by atoms with van der Waals surface area (Å²) in [5.41, 5.74) is 2.34. The minimum Gasteiger partial charge on any atom is -0.326 e. The molecule has 0 saturated heterocycles. The van der Waals surface area contributed by atoms with Gasteiger partial charge in [0.25, 0.3) is 0 Å². The molecule has 0 bridgehead atoms. The van der Waals surface area contributed by atoms with Crippen LogP contribution in [0.25, 0.3) is 6.08 Å². The molecule has 3 amide bonds. The second kappa shape index (κ2) is 8.82. The number of amides is 3. The smallest absolute Gasteiger partial charge is 0.248 e. The van der Waals surface area contributed by atoms with E-state index in [1.807, 2.05) is 0 Å². The normalized spacial score (nSPS) is 10.4. The van der Waals surface area contributed by atoms with Crippen LogP contribution in [0.3, 0.4) is 0 Å². The average molecular weight is 372 g/mol. The Morgan fingerprint density at radius 1 is 0.846 bits per heavy atom. The Hall–Kier alpha value is -3.12. The Morgan fingerprint density at radius 3 is 2.12 bits per heavy atom. The van der Waals surface area contributed by atoms with Gasteiger partial charge in [0.05, 0.1) is 11.4 Å². The monoisotopic (exact) mass is 371 g/mol. The van der Waals surface area contributed by atoms with Crippen LogP contribution in [0, 0.1) is 0 Å². The van der Waals surface area contributed by atoms with E-state index in [-0.39, 0.29) is 17.7 Å². The Labute approximate surface area is 156 Å². The summed E-state index contributed by atoms with van der Waals surface area (Å²) in [6.45, 7) is 2.81. The molecular weight excluding hydrogens is 354 g/mol. The van der Waals surface area contributed by atoms with Crippen molar-refractivity contribution in [3.8, 4) is 0 Å². The molecule has 0 aliphatic carbocycles. The van der Waals surface area contributed by atoms with Gasteiger partial charge >= 0.3 is 0 Å². The maximum Gasteiger partial charge on any atom is 0.248 e. The van der Waals surface area contributed by atoms with Crippen molar-refractivity contribution in [1.29, 1.82) is 0 Å². The van der Waals surface area contributed by atoms with Gasteiger partial charge < -0.3 is 16.0 Å². The van der Waals surface area contributed by atoms with E-state index in [0.717, 1.165) is 5.56 Å². The Morgan fingerprint density at radius 2 is 1.50 bits per heavy atom. The Balaban J connectivity index is 2.06. The molecular formula is C19H18ClN3O3. The number of carbonyl (C=O) groups is 3. The zero-order chi connectivity index (χ0) is 19.1. The molecule has 0 atom stereocenters. The van der Waals surface area contributed by atoms with Crippen LogP contribution in [0.2, 0.25) is 5.02 Å². The van der Waals surface area contributed by atoms with Gasteiger partial charge in [-0.15, -0.1) is 0 Å². The lowest BCUT2D eigenvalue weighted by Crippen LogP contribution is -2.13. The van der Waals surface area contributed by atoms with Gasteiger partial charge in [0.2, 0.25) is 17.7 Å².